The van der Waals surface area contributed by atoms with Gasteiger partial charge in [-0.2, -0.15) is 0 Å². The van der Waals surface area contributed by atoms with Crippen LogP contribution >= 0.6 is 0 Å². The van der Waals surface area contributed by atoms with E-state index in [0.717, 1.165) is 5.56 Å². The molecule has 0 saturated carbocycles. The first-order chi connectivity index (χ1) is 14.0. The van der Waals surface area contributed by atoms with Gasteiger partial charge in [0.05, 0.1) is 11.5 Å². The van der Waals surface area contributed by atoms with Gasteiger partial charge in [-0.25, -0.2) is 8.42 Å². The molecule has 0 fully saturated rings. The minimum absolute atomic E-state index is 0.0750. The zero-order valence-electron chi connectivity index (χ0n) is 16.0. The molecule has 0 unspecified atom stereocenters. The van der Waals surface area contributed by atoms with E-state index < -0.39 is 10.0 Å². The van der Waals surface area contributed by atoms with Crippen molar-refractivity contribution in [3.8, 4) is 5.75 Å². The Kier molecular flexibility index (Phi) is 6.51. The van der Waals surface area contributed by atoms with Crippen molar-refractivity contribution >= 4 is 21.6 Å². The first-order valence-electron chi connectivity index (χ1n) is 9.16. The fourth-order valence-electron chi connectivity index (χ4n) is 2.67. The third-order valence-electron chi connectivity index (χ3n) is 4.14. The molecule has 0 radical (unpaired) electrons. The highest BCUT2D eigenvalue weighted by Crippen LogP contribution is 2.20. The molecule has 0 aromatic heterocycles. The fourth-order valence-corrected chi connectivity index (χ4v) is 3.72. The maximum Gasteiger partial charge on any atom is 0.261 e. The van der Waals surface area contributed by atoms with E-state index in [4.69, 9.17) is 4.74 Å². The minimum atomic E-state index is -3.76. The Bertz CT molecular complexity index is 1050. The lowest BCUT2D eigenvalue weighted by Crippen LogP contribution is -2.22. The van der Waals surface area contributed by atoms with Crippen LogP contribution < -0.4 is 14.8 Å². The van der Waals surface area contributed by atoms with Gasteiger partial charge in [-0.15, -0.1) is 0 Å². The van der Waals surface area contributed by atoms with Crippen molar-refractivity contribution in [3.05, 3.63) is 90.0 Å². The lowest BCUT2D eigenvalue weighted by atomic mass is 10.2. The highest BCUT2D eigenvalue weighted by atomic mass is 32.2. The topological polar surface area (TPSA) is 84.5 Å². The maximum absolute atomic E-state index is 12.6. The number of carbonyl (C=O) groups excluding carboxylic acids is 1. The van der Waals surface area contributed by atoms with E-state index in [0.29, 0.717) is 30.2 Å². The molecule has 0 aliphatic rings. The second-order valence-electron chi connectivity index (χ2n) is 6.26. The maximum atomic E-state index is 12.6. The molecule has 0 saturated heterocycles. The van der Waals surface area contributed by atoms with Crippen LogP contribution in [-0.4, -0.2) is 20.9 Å². The van der Waals surface area contributed by atoms with Crippen molar-refractivity contribution in [2.45, 2.75) is 18.4 Å². The summed E-state index contributed by atoms with van der Waals surface area (Å²) in [5, 5.41) is 2.81. The molecule has 3 aromatic rings. The highest BCUT2D eigenvalue weighted by molar-refractivity contribution is 7.92. The molecule has 7 heteroatoms. The smallest absolute Gasteiger partial charge is 0.261 e. The standard InChI is InChI=1S/C22H22N2O4S/c1-2-28-20-12-10-19(11-13-20)24-29(26,27)21-14-8-18(9-15-21)22(25)23-16-17-6-4-3-5-7-17/h3-15,24H,2,16H2,1H3,(H,23,25). The van der Waals surface area contributed by atoms with E-state index in [2.05, 4.69) is 10.0 Å². The van der Waals surface area contributed by atoms with Crippen molar-refractivity contribution in [2.24, 2.45) is 0 Å². The summed E-state index contributed by atoms with van der Waals surface area (Å²) in [5.41, 5.74) is 1.80. The van der Waals surface area contributed by atoms with Crippen LogP contribution in [0.3, 0.4) is 0 Å². The molecule has 0 aliphatic carbocycles. The van der Waals surface area contributed by atoms with Crippen molar-refractivity contribution in [1.29, 1.82) is 0 Å². The molecular weight excluding hydrogens is 388 g/mol. The summed E-state index contributed by atoms with van der Waals surface area (Å²) in [6.07, 6.45) is 0. The molecule has 2 N–H and O–H groups in total. The number of sulfonamides is 1. The molecule has 0 spiro atoms. The van der Waals surface area contributed by atoms with Crippen LogP contribution in [0.4, 0.5) is 5.69 Å². The summed E-state index contributed by atoms with van der Waals surface area (Å²) in [4.78, 5) is 12.3. The van der Waals surface area contributed by atoms with E-state index in [1.54, 1.807) is 24.3 Å². The average Bonchev–Trinajstić information content (AvgIpc) is 2.74. The number of amides is 1. The molecule has 3 aromatic carbocycles. The van der Waals surface area contributed by atoms with E-state index in [1.807, 2.05) is 37.3 Å². The first kappa shape index (κ1) is 20.4. The quantitative estimate of drug-likeness (QED) is 0.591. The molecule has 0 heterocycles. The van der Waals surface area contributed by atoms with Crippen LogP contribution in [0.25, 0.3) is 0 Å². The molecule has 0 atom stereocenters. The van der Waals surface area contributed by atoms with Crippen molar-refractivity contribution in [2.75, 3.05) is 11.3 Å². The number of ether oxygens (including phenoxy) is 1. The molecule has 6 nitrogen and oxygen atoms in total. The van der Waals surface area contributed by atoms with Gasteiger partial charge in [0, 0.05) is 17.8 Å². The fraction of sp³-hybridized carbons (Fsp3) is 0.136. The Labute approximate surface area is 170 Å². The number of benzene rings is 3. The summed E-state index contributed by atoms with van der Waals surface area (Å²) in [6, 6.07) is 22.0. The molecule has 0 aliphatic heterocycles. The lowest BCUT2D eigenvalue weighted by molar-refractivity contribution is 0.0951. The van der Waals surface area contributed by atoms with Gasteiger partial charge < -0.3 is 10.1 Å². The van der Waals surface area contributed by atoms with E-state index in [-0.39, 0.29) is 10.8 Å². The largest absolute Gasteiger partial charge is 0.494 e. The Balaban J connectivity index is 1.64. The van der Waals surface area contributed by atoms with Gasteiger partial charge in [-0.1, -0.05) is 30.3 Å². The Morgan fingerprint density at radius 3 is 2.17 bits per heavy atom. The summed E-state index contributed by atoms with van der Waals surface area (Å²) in [7, 11) is -3.76. The van der Waals surface area contributed by atoms with Crippen molar-refractivity contribution in [3.63, 3.8) is 0 Å². The van der Waals surface area contributed by atoms with Gasteiger partial charge in [-0.05, 0) is 61.0 Å². The number of hydrogen-bond acceptors (Lipinski definition) is 4. The summed E-state index contributed by atoms with van der Waals surface area (Å²) in [6.45, 7) is 2.82. The van der Waals surface area contributed by atoms with Crippen LogP contribution in [-0.2, 0) is 16.6 Å². The predicted octanol–water partition coefficient (Wildman–Crippen LogP) is 3.82. The van der Waals surface area contributed by atoms with Gasteiger partial charge in [-0.3, -0.25) is 9.52 Å². The van der Waals surface area contributed by atoms with E-state index in [9.17, 15) is 13.2 Å². The second-order valence-corrected chi connectivity index (χ2v) is 7.94. The van der Waals surface area contributed by atoms with Gasteiger partial charge in [0.1, 0.15) is 5.75 Å². The molecule has 29 heavy (non-hydrogen) atoms. The van der Waals surface area contributed by atoms with E-state index in [1.165, 1.54) is 24.3 Å². The van der Waals surface area contributed by atoms with E-state index >= 15 is 0 Å². The zero-order chi connectivity index (χ0) is 20.7. The molecule has 3 rings (SSSR count). The second kappa shape index (κ2) is 9.25. The summed E-state index contributed by atoms with van der Waals surface area (Å²) >= 11 is 0. The SMILES string of the molecule is CCOc1ccc(NS(=O)(=O)c2ccc(C(=O)NCc3ccccc3)cc2)cc1. The number of rotatable bonds is 8. The zero-order valence-corrected chi connectivity index (χ0v) is 16.8. The average molecular weight is 410 g/mol. The van der Waals surface area contributed by atoms with Crippen LogP contribution in [0.15, 0.2) is 83.8 Å². The number of nitrogens with one attached hydrogen (secondary N) is 2. The third-order valence-corrected chi connectivity index (χ3v) is 5.54. The molecule has 1 amide bonds. The van der Waals surface area contributed by atoms with Gasteiger partial charge in [0.2, 0.25) is 0 Å². The van der Waals surface area contributed by atoms with Crippen molar-refractivity contribution in [1.82, 2.24) is 5.32 Å². The van der Waals surface area contributed by atoms with Crippen LogP contribution in [0.2, 0.25) is 0 Å². The van der Waals surface area contributed by atoms with Gasteiger partial charge >= 0.3 is 0 Å². The molecular formula is C22H22N2O4S. The Morgan fingerprint density at radius 1 is 0.897 bits per heavy atom. The Hall–Kier alpha value is -3.32. The molecule has 0 bridgehead atoms. The van der Waals surface area contributed by atoms with Crippen LogP contribution in [0, 0.1) is 0 Å². The van der Waals surface area contributed by atoms with Crippen molar-refractivity contribution < 1.29 is 17.9 Å². The minimum Gasteiger partial charge on any atom is -0.494 e. The lowest BCUT2D eigenvalue weighted by Gasteiger charge is -2.10. The van der Waals surface area contributed by atoms with Crippen LogP contribution in [0.5, 0.6) is 5.75 Å². The monoisotopic (exact) mass is 410 g/mol. The number of anilines is 1. The number of carbonyl (C=O) groups is 1. The first-order valence-corrected chi connectivity index (χ1v) is 10.6. The van der Waals surface area contributed by atoms with Gasteiger partial charge in [0.15, 0.2) is 0 Å². The molecule has 150 valence electrons. The van der Waals surface area contributed by atoms with Gasteiger partial charge in [0.25, 0.3) is 15.9 Å². The highest BCUT2D eigenvalue weighted by Gasteiger charge is 2.15. The summed E-state index contributed by atoms with van der Waals surface area (Å²) < 4.78 is 33.0. The normalized spacial score (nSPS) is 10.9. The Morgan fingerprint density at radius 2 is 1.55 bits per heavy atom. The third kappa shape index (κ3) is 5.58. The summed E-state index contributed by atoms with van der Waals surface area (Å²) in [5.74, 6) is 0.401. The van der Waals surface area contributed by atoms with Crippen LogP contribution in [0.1, 0.15) is 22.8 Å². The predicted molar refractivity (Wildman–Crippen MR) is 112 cm³/mol. The number of hydrogen-bond donors (Lipinski definition) is 2.